The molecule has 0 aromatic carbocycles. The Balaban J connectivity index is 4.30. The van der Waals surface area contributed by atoms with Crippen LogP contribution < -0.4 is 0 Å². The molecule has 1 atom stereocenters. The van der Waals surface area contributed by atoms with Gasteiger partial charge in [0.15, 0.2) is 6.10 Å². The molecular formula is C61H110O5. The molecule has 0 radical (unpaired) electrons. The molecule has 0 aliphatic rings. The van der Waals surface area contributed by atoms with Crippen molar-refractivity contribution in [2.45, 2.75) is 297 Å². The summed E-state index contributed by atoms with van der Waals surface area (Å²) in [6.07, 6.45) is 72.4. The summed E-state index contributed by atoms with van der Waals surface area (Å²) in [4.78, 5) is 25.5. The summed E-state index contributed by atoms with van der Waals surface area (Å²) >= 11 is 0. The Hall–Kier alpha value is -2.40. The molecule has 0 saturated heterocycles. The molecule has 5 heteroatoms. The molecule has 0 fully saturated rings. The van der Waals surface area contributed by atoms with E-state index in [1.54, 1.807) is 0 Å². The molecule has 1 unspecified atom stereocenters. The fraction of sp³-hybridized carbons (Fsp3) is 0.803. The average molecular weight is 924 g/mol. The van der Waals surface area contributed by atoms with E-state index < -0.39 is 6.10 Å². The second-order valence-electron chi connectivity index (χ2n) is 19.2. The summed E-state index contributed by atoms with van der Waals surface area (Å²) in [6.45, 7) is 7.73. The summed E-state index contributed by atoms with van der Waals surface area (Å²) < 4.78 is 17.5. The first-order valence-electron chi connectivity index (χ1n) is 28.8. The molecule has 0 aliphatic heterocycles. The number of ether oxygens (including phenoxy) is 3. The van der Waals surface area contributed by atoms with Gasteiger partial charge in [-0.1, -0.05) is 274 Å². The van der Waals surface area contributed by atoms with Gasteiger partial charge in [-0.25, -0.2) is 0 Å². The molecule has 0 saturated carbocycles. The van der Waals surface area contributed by atoms with Crippen molar-refractivity contribution in [3.8, 4) is 0 Å². The van der Waals surface area contributed by atoms with E-state index in [9.17, 15) is 9.59 Å². The summed E-state index contributed by atoms with van der Waals surface area (Å²) in [7, 11) is 0. The molecule has 0 bridgehead atoms. The number of unbranched alkanes of at least 4 members (excludes halogenated alkanes) is 32. The highest BCUT2D eigenvalue weighted by Gasteiger charge is 2.17. The average Bonchev–Trinajstić information content (AvgIpc) is 3.32. The summed E-state index contributed by atoms with van der Waals surface area (Å²) in [6, 6.07) is 0. The highest BCUT2D eigenvalue weighted by Crippen LogP contribution is 2.16. The van der Waals surface area contributed by atoms with Crippen LogP contribution in [0.15, 0.2) is 60.8 Å². The number of hydrogen-bond donors (Lipinski definition) is 0. The highest BCUT2D eigenvalue weighted by molar-refractivity contribution is 5.70. The van der Waals surface area contributed by atoms with Crippen LogP contribution in [0.3, 0.4) is 0 Å². The van der Waals surface area contributed by atoms with Crippen molar-refractivity contribution in [2.24, 2.45) is 0 Å². The molecule has 0 N–H and O–H groups in total. The second kappa shape index (κ2) is 56.9. The smallest absolute Gasteiger partial charge is 0.306 e. The molecule has 5 nitrogen and oxygen atoms in total. The predicted octanol–water partition coefficient (Wildman–Crippen LogP) is 19.7. The van der Waals surface area contributed by atoms with Gasteiger partial charge in [-0.2, -0.15) is 0 Å². The van der Waals surface area contributed by atoms with E-state index in [1.807, 2.05) is 0 Å². The Kier molecular flexibility index (Phi) is 54.9. The third-order valence-electron chi connectivity index (χ3n) is 12.6. The number of carbonyl (C=O) groups excluding carboxylic acids is 2. The normalized spacial score (nSPS) is 12.6. The van der Waals surface area contributed by atoms with E-state index in [4.69, 9.17) is 14.2 Å². The number of rotatable bonds is 53. The van der Waals surface area contributed by atoms with Gasteiger partial charge in [-0.05, 0) is 64.2 Å². The van der Waals surface area contributed by atoms with Crippen molar-refractivity contribution < 1.29 is 23.8 Å². The zero-order valence-electron chi connectivity index (χ0n) is 44.2. The van der Waals surface area contributed by atoms with E-state index in [2.05, 4.69) is 81.5 Å². The number of allylic oxidation sites excluding steroid dienone is 10. The minimum atomic E-state index is -0.547. The SMILES string of the molecule is CC/C=C\C/C=C\C/C=C\C/C=C\C/C=C\CCCCCC(=O)OCC(COCCCCCCCCCCCCCCCCCC)OC(=O)CCCCCCCCCCCCCCCCC. The lowest BCUT2D eigenvalue weighted by Crippen LogP contribution is -2.30. The van der Waals surface area contributed by atoms with Gasteiger partial charge in [0.2, 0.25) is 0 Å². The van der Waals surface area contributed by atoms with Crippen molar-refractivity contribution in [1.29, 1.82) is 0 Å². The fourth-order valence-corrected chi connectivity index (χ4v) is 8.30. The molecule has 0 rings (SSSR count). The van der Waals surface area contributed by atoms with Crippen LogP contribution in [-0.4, -0.2) is 37.9 Å². The van der Waals surface area contributed by atoms with Crippen molar-refractivity contribution in [1.82, 2.24) is 0 Å². The van der Waals surface area contributed by atoms with Crippen LogP contribution in [0, 0.1) is 0 Å². The van der Waals surface area contributed by atoms with Crippen molar-refractivity contribution in [2.75, 3.05) is 19.8 Å². The zero-order valence-corrected chi connectivity index (χ0v) is 44.2. The van der Waals surface area contributed by atoms with Crippen LogP contribution in [0.1, 0.15) is 290 Å². The molecule has 66 heavy (non-hydrogen) atoms. The maximum Gasteiger partial charge on any atom is 0.306 e. The quantitative estimate of drug-likeness (QED) is 0.0346. The van der Waals surface area contributed by atoms with E-state index in [0.29, 0.717) is 19.4 Å². The first kappa shape index (κ1) is 63.6. The second-order valence-corrected chi connectivity index (χ2v) is 19.2. The van der Waals surface area contributed by atoms with Crippen molar-refractivity contribution >= 4 is 11.9 Å². The van der Waals surface area contributed by atoms with Gasteiger partial charge in [0.1, 0.15) is 6.61 Å². The minimum Gasteiger partial charge on any atom is -0.462 e. The Morgan fingerprint density at radius 3 is 1.09 bits per heavy atom. The van der Waals surface area contributed by atoms with Gasteiger partial charge in [-0.15, -0.1) is 0 Å². The van der Waals surface area contributed by atoms with Gasteiger partial charge in [0, 0.05) is 19.4 Å². The molecule has 384 valence electrons. The summed E-state index contributed by atoms with van der Waals surface area (Å²) in [5, 5.41) is 0. The largest absolute Gasteiger partial charge is 0.462 e. The lowest BCUT2D eigenvalue weighted by atomic mass is 10.0. The Morgan fingerprint density at radius 2 is 0.682 bits per heavy atom. The highest BCUT2D eigenvalue weighted by atomic mass is 16.6. The monoisotopic (exact) mass is 923 g/mol. The van der Waals surface area contributed by atoms with E-state index >= 15 is 0 Å². The lowest BCUT2D eigenvalue weighted by molar-refractivity contribution is -0.163. The van der Waals surface area contributed by atoms with Gasteiger partial charge in [0.05, 0.1) is 6.61 Å². The van der Waals surface area contributed by atoms with Crippen molar-refractivity contribution in [3.05, 3.63) is 60.8 Å². The predicted molar refractivity (Wildman–Crippen MR) is 288 cm³/mol. The molecule has 0 aromatic rings. The number of hydrogen-bond acceptors (Lipinski definition) is 5. The zero-order chi connectivity index (χ0) is 47.7. The maximum atomic E-state index is 12.9. The molecular weight excluding hydrogens is 813 g/mol. The molecule has 0 aromatic heterocycles. The van der Waals surface area contributed by atoms with Crippen LogP contribution >= 0.6 is 0 Å². The van der Waals surface area contributed by atoms with Crippen molar-refractivity contribution in [3.63, 3.8) is 0 Å². The van der Waals surface area contributed by atoms with Gasteiger partial charge in [0.25, 0.3) is 0 Å². The van der Waals surface area contributed by atoms with Crippen LogP contribution in [0.2, 0.25) is 0 Å². The third kappa shape index (κ3) is 54.2. The molecule has 0 amide bonds. The van der Waals surface area contributed by atoms with E-state index in [0.717, 1.165) is 83.5 Å². The topological polar surface area (TPSA) is 61.8 Å². The Bertz CT molecular complexity index is 1130. The van der Waals surface area contributed by atoms with Crippen LogP contribution in [-0.2, 0) is 23.8 Å². The van der Waals surface area contributed by atoms with E-state index in [-0.39, 0.29) is 25.2 Å². The van der Waals surface area contributed by atoms with Gasteiger partial charge >= 0.3 is 11.9 Å². The first-order valence-corrected chi connectivity index (χ1v) is 28.8. The van der Waals surface area contributed by atoms with Crippen LogP contribution in [0.25, 0.3) is 0 Å². The number of esters is 2. The standard InChI is InChI=1S/C61H110O5/c1-4-7-10-13-16-19-22-25-28-30-31-32-34-36-39-42-45-48-51-54-60(62)65-58-59(57-64-56-53-50-47-44-41-38-35-29-26-23-20-17-14-11-8-5-2)66-61(63)55-52-49-46-43-40-37-33-27-24-21-18-15-12-9-6-3/h7,10,16,19,25,28,31-32,36,39,59H,4-6,8-9,11-15,17-18,20-24,26-27,29-30,33-35,37-38,40-58H2,1-3H3/b10-7-,19-16-,28-25-,32-31-,39-36-. The third-order valence-corrected chi connectivity index (χ3v) is 12.6. The van der Waals surface area contributed by atoms with Gasteiger partial charge < -0.3 is 14.2 Å². The summed E-state index contributed by atoms with van der Waals surface area (Å²) in [5.74, 6) is -0.419. The fourth-order valence-electron chi connectivity index (χ4n) is 8.30. The number of carbonyl (C=O) groups is 2. The van der Waals surface area contributed by atoms with E-state index in [1.165, 1.54) is 173 Å². The van der Waals surface area contributed by atoms with Crippen LogP contribution in [0.5, 0.6) is 0 Å². The molecule has 0 spiro atoms. The lowest BCUT2D eigenvalue weighted by Gasteiger charge is -2.18. The first-order chi connectivity index (χ1) is 32.6. The van der Waals surface area contributed by atoms with Gasteiger partial charge in [-0.3, -0.25) is 9.59 Å². The Morgan fingerprint density at radius 1 is 0.348 bits per heavy atom. The summed E-state index contributed by atoms with van der Waals surface area (Å²) in [5.41, 5.74) is 0. The minimum absolute atomic E-state index is 0.0719. The van der Waals surface area contributed by atoms with Crippen LogP contribution in [0.4, 0.5) is 0 Å². The molecule has 0 heterocycles. The maximum absolute atomic E-state index is 12.9. The molecule has 0 aliphatic carbocycles. The Labute approximate surface area is 411 Å².